The van der Waals surface area contributed by atoms with E-state index in [1.165, 1.54) is 0 Å². The number of anilines is 1. The van der Waals surface area contributed by atoms with Gasteiger partial charge in [0.1, 0.15) is 6.61 Å². The maximum Gasteiger partial charge on any atom is 0.306 e. The van der Waals surface area contributed by atoms with E-state index in [1.54, 1.807) is 6.07 Å². The highest BCUT2D eigenvalue weighted by Crippen LogP contribution is 2.22. The Morgan fingerprint density at radius 2 is 2.05 bits per heavy atom. The largest absolute Gasteiger partial charge is 0.461 e. The summed E-state index contributed by atoms with van der Waals surface area (Å²) in [6.07, 6.45) is 0.926. The fourth-order valence-electron chi connectivity index (χ4n) is 1.86. The van der Waals surface area contributed by atoms with Gasteiger partial charge in [-0.1, -0.05) is 45.7 Å². The quantitative estimate of drug-likeness (QED) is 0.630. The molecule has 2 rings (SSSR count). The predicted molar refractivity (Wildman–Crippen MR) is 88.1 cm³/mol. The molecule has 2 aromatic rings. The summed E-state index contributed by atoms with van der Waals surface area (Å²) in [5.74, 6) is -0.253. The first kappa shape index (κ1) is 15.9. The lowest BCUT2D eigenvalue weighted by molar-refractivity contribution is -0.144. The first-order chi connectivity index (χ1) is 10.0. The molecule has 0 aliphatic rings. The van der Waals surface area contributed by atoms with Crippen molar-refractivity contribution in [2.45, 2.75) is 19.4 Å². The van der Waals surface area contributed by atoms with Crippen molar-refractivity contribution in [1.82, 2.24) is 0 Å². The van der Waals surface area contributed by atoms with Crippen molar-refractivity contribution in [3.63, 3.8) is 0 Å². The van der Waals surface area contributed by atoms with Crippen LogP contribution in [0.15, 0.2) is 46.9 Å². The Hall–Kier alpha value is -1.52. The molecule has 5 heteroatoms. The molecule has 0 amide bonds. The van der Waals surface area contributed by atoms with Gasteiger partial charge in [0.05, 0.1) is 0 Å². The average molecular weight is 369 g/mol. The highest BCUT2D eigenvalue weighted by molar-refractivity contribution is 9.10. The van der Waals surface area contributed by atoms with Gasteiger partial charge >= 0.3 is 5.97 Å². The van der Waals surface area contributed by atoms with Crippen LogP contribution in [0.4, 0.5) is 5.69 Å². The van der Waals surface area contributed by atoms with E-state index in [2.05, 4.69) is 15.9 Å². The number of halogens is 2. The molecular formula is C16H15BrClNO2. The number of nitrogens with two attached hydrogens (primary N) is 1. The molecule has 0 aliphatic heterocycles. The average Bonchev–Trinajstić information content (AvgIpc) is 2.44. The molecule has 0 unspecified atom stereocenters. The van der Waals surface area contributed by atoms with Crippen LogP contribution in [0, 0.1) is 0 Å². The second-order valence-electron chi connectivity index (χ2n) is 4.64. The molecule has 0 saturated heterocycles. The molecule has 0 fully saturated rings. The van der Waals surface area contributed by atoms with Crippen LogP contribution in [0.1, 0.15) is 17.5 Å². The van der Waals surface area contributed by atoms with E-state index in [0.717, 1.165) is 15.6 Å². The van der Waals surface area contributed by atoms with Gasteiger partial charge in [0.15, 0.2) is 0 Å². The van der Waals surface area contributed by atoms with Gasteiger partial charge in [0.2, 0.25) is 0 Å². The Bertz CT molecular complexity index is 646. The summed E-state index contributed by atoms with van der Waals surface area (Å²) < 4.78 is 6.12. The summed E-state index contributed by atoms with van der Waals surface area (Å²) in [4.78, 5) is 11.7. The van der Waals surface area contributed by atoms with Crippen LogP contribution in [0.25, 0.3) is 0 Å². The second kappa shape index (κ2) is 7.48. The number of hydrogen-bond acceptors (Lipinski definition) is 3. The van der Waals surface area contributed by atoms with E-state index in [-0.39, 0.29) is 12.6 Å². The summed E-state index contributed by atoms with van der Waals surface area (Å²) in [5.41, 5.74) is 8.20. The Kier molecular flexibility index (Phi) is 5.65. The number of ether oxygens (including phenoxy) is 1. The minimum absolute atomic E-state index is 0.182. The number of carbonyl (C=O) groups excluding carboxylic acids is 1. The van der Waals surface area contributed by atoms with Gasteiger partial charge in [0, 0.05) is 27.2 Å². The zero-order valence-electron chi connectivity index (χ0n) is 11.3. The van der Waals surface area contributed by atoms with Gasteiger partial charge in [-0.3, -0.25) is 4.79 Å². The molecule has 0 atom stereocenters. The first-order valence-corrected chi connectivity index (χ1v) is 7.65. The molecule has 2 aromatic carbocycles. The van der Waals surface area contributed by atoms with Crippen LogP contribution in [0.5, 0.6) is 0 Å². The van der Waals surface area contributed by atoms with Gasteiger partial charge in [-0.2, -0.15) is 0 Å². The van der Waals surface area contributed by atoms with Crippen molar-refractivity contribution in [2.75, 3.05) is 5.73 Å². The van der Waals surface area contributed by atoms with E-state index in [1.807, 2.05) is 36.4 Å². The molecule has 0 bridgehead atoms. The van der Waals surface area contributed by atoms with Gasteiger partial charge in [-0.25, -0.2) is 0 Å². The zero-order chi connectivity index (χ0) is 15.2. The molecule has 0 radical (unpaired) electrons. The maximum absolute atomic E-state index is 11.7. The molecule has 0 heterocycles. The Morgan fingerprint density at radius 1 is 1.24 bits per heavy atom. The lowest BCUT2D eigenvalue weighted by Crippen LogP contribution is -2.06. The summed E-state index contributed by atoms with van der Waals surface area (Å²) in [6.45, 7) is 0.182. The van der Waals surface area contributed by atoms with Crippen molar-refractivity contribution < 1.29 is 9.53 Å². The van der Waals surface area contributed by atoms with Crippen LogP contribution < -0.4 is 5.73 Å². The Morgan fingerprint density at radius 3 is 2.76 bits per heavy atom. The smallest absolute Gasteiger partial charge is 0.306 e. The highest BCUT2D eigenvalue weighted by Gasteiger charge is 2.07. The number of esters is 1. The lowest BCUT2D eigenvalue weighted by atomic mass is 10.1. The van der Waals surface area contributed by atoms with E-state index in [4.69, 9.17) is 22.1 Å². The zero-order valence-corrected chi connectivity index (χ0v) is 13.7. The number of carbonyl (C=O) groups is 1. The molecule has 21 heavy (non-hydrogen) atoms. The third-order valence-electron chi connectivity index (χ3n) is 2.97. The van der Waals surface area contributed by atoms with Gasteiger partial charge in [-0.15, -0.1) is 0 Å². The topological polar surface area (TPSA) is 52.3 Å². The second-order valence-corrected chi connectivity index (χ2v) is 5.96. The van der Waals surface area contributed by atoms with E-state index in [0.29, 0.717) is 23.6 Å². The first-order valence-electron chi connectivity index (χ1n) is 6.48. The van der Waals surface area contributed by atoms with Crippen molar-refractivity contribution in [3.05, 3.63) is 63.1 Å². The molecule has 0 aromatic heterocycles. The normalized spacial score (nSPS) is 10.4. The van der Waals surface area contributed by atoms with Gasteiger partial charge in [-0.05, 0) is 36.2 Å². The Balaban J connectivity index is 1.82. The van der Waals surface area contributed by atoms with Crippen LogP contribution in [0.3, 0.4) is 0 Å². The molecule has 0 aliphatic carbocycles. The van der Waals surface area contributed by atoms with E-state index >= 15 is 0 Å². The number of aryl methyl sites for hydroxylation is 1. The minimum Gasteiger partial charge on any atom is -0.461 e. The molecule has 0 saturated carbocycles. The van der Waals surface area contributed by atoms with Crippen LogP contribution in [0.2, 0.25) is 5.02 Å². The third kappa shape index (κ3) is 5.06. The summed E-state index contributed by atoms with van der Waals surface area (Å²) in [6, 6.07) is 13.0. The third-order valence-corrected chi connectivity index (χ3v) is 3.82. The molecule has 3 nitrogen and oxygen atoms in total. The van der Waals surface area contributed by atoms with Gasteiger partial charge < -0.3 is 10.5 Å². The van der Waals surface area contributed by atoms with E-state index in [9.17, 15) is 4.79 Å². The van der Waals surface area contributed by atoms with E-state index < -0.39 is 0 Å². The molecule has 110 valence electrons. The van der Waals surface area contributed by atoms with Crippen molar-refractivity contribution in [3.8, 4) is 0 Å². The predicted octanol–water partition coefficient (Wildman–Crippen LogP) is 4.36. The maximum atomic E-state index is 11.7. The number of benzene rings is 2. The standard InChI is InChI=1S/C16H15BrClNO2/c17-13-6-5-12(15(18)9-13)10-21-16(20)7-4-11-2-1-3-14(19)8-11/h1-3,5-6,8-9H,4,7,10,19H2. The summed E-state index contributed by atoms with van der Waals surface area (Å²) in [7, 11) is 0. The van der Waals surface area contributed by atoms with Crippen molar-refractivity contribution >= 4 is 39.2 Å². The SMILES string of the molecule is Nc1cccc(CCC(=O)OCc2ccc(Br)cc2Cl)c1. The molecule has 0 spiro atoms. The van der Waals surface area contributed by atoms with Crippen molar-refractivity contribution in [1.29, 1.82) is 0 Å². The number of hydrogen-bond donors (Lipinski definition) is 1. The van der Waals surface area contributed by atoms with Crippen LogP contribution in [-0.2, 0) is 22.6 Å². The highest BCUT2D eigenvalue weighted by atomic mass is 79.9. The fraction of sp³-hybridized carbons (Fsp3) is 0.188. The molecular weight excluding hydrogens is 354 g/mol. The number of nitrogen functional groups attached to an aromatic ring is 1. The fourth-order valence-corrected chi connectivity index (χ4v) is 2.59. The summed E-state index contributed by atoms with van der Waals surface area (Å²) in [5, 5.41) is 0.577. The summed E-state index contributed by atoms with van der Waals surface area (Å²) >= 11 is 9.40. The van der Waals surface area contributed by atoms with Crippen molar-refractivity contribution in [2.24, 2.45) is 0 Å². The van der Waals surface area contributed by atoms with Crippen LogP contribution >= 0.6 is 27.5 Å². The minimum atomic E-state index is -0.253. The van der Waals surface area contributed by atoms with Crippen LogP contribution in [-0.4, -0.2) is 5.97 Å². The Labute approximate surface area is 137 Å². The molecule has 2 N–H and O–H groups in total. The van der Waals surface area contributed by atoms with Gasteiger partial charge in [0.25, 0.3) is 0 Å². The lowest BCUT2D eigenvalue weighted by Gasteiger charge is -2.07. The monoisotopic (exact) mass is 367 g/mol. The number of rotatable bonds is 5.